The topological polar surface area (TPSA) is 71.4 Å². The highest BCUT2D eigenvalue weighted by atomic mass is 16.6. The first-order valence-corrected chi connectivity index (χ1v) is 4.28. The second-order valence-electron chi connectivity index (χ2n) is 3.05. The lowest BCUT2D eigenvalue weighted by Crippen LogP contribution is -2.07. The van der Waals surface area contributed by atoms with E-state index in [0.717, 1.165) is 11.3 Å². The van der Waals surface area contributed by atoms with E-state index in [1.165, 1.54) is 0 Å². The van der Waals surface area contributed by atoms with Gasteiger partial charge in [-0.3, -0.25) is 0 Å². The van der Waals surface area contributed by atoms with Gasteiger partial charge in [0.05, 0.1) is 5.71 Å². The Hall–Kier alpha value is -2.02. The zero-order valence-electron chi connectivity index (χ0n) is 7.47. The Morgan fingerprint density at radius 1 is 1.50 bits per heavy atom. The van der Waals surface area contributed by atoms with Crippen LogP contribution in [0.4, 0.5) is 5.69 Å². The van der Waals surface area contributed by atoms with Gasteiger partial charge in [-0.05, 0) is 6.07 Å². The number of oxime groups is 1. The third-order valence-electron chi connectivity index (χ3n) is 2.08. The van der Waals surface area contributed by atoms with Crippen LogP contribution in [0, 0.1) is 11.3 Å². The highest BCUT2D eigenvalue weighted by molar-refractivity contribution is 6.05. The van der Waals surface area contributed by atoms with Gasteiger partial charge in [0.2, 0.25) is 6.10 Å². The normalized spacial score (nSPS) is 19.6. The van der Waals surface area contributed by atoms with Crippen LogP contribution in [-0.4, -0.2) is 11.8 Å². The maximum atomic E-state index is 8.62. The van der Waals surface area contributed by atoms with E-state index < -0.39 is 6.10 Å². The highest BCUT2D eigenvalue weighted by Crippen LogP contribution is 2.20. The molecule has 1 aromatic carbocycles. The molecule has 70 valence electrons. The third-order valence-corrected chi connectivity index (χ3v) is 2.08. The van der Waals surface area contributed by atoms with Gasteiger partial charge >= 0.3 is 0 Å². The van der Waals surface area contributed by atoms with Crippen molar-refractivity contribution in [3.05, 3.63) is 29.8 Å². The van der Waals surface area contributed by atoms with Gasteiger partial charge in [0.1, 0.15) is 6.07 Å². The van der Waals surface area contributed by atoms with E-state index in [1.54, 1.807) is 6.07 Å². The molecule has 2 rings (SSSR count). The van der Waals surface area contributed by atoms with Crippen molar-refractivity contribution >= 4 is 11.4 Å². The number of nitrogen functional groups attached to an aromatic ring is 1. The van der Waals surface area contributed by atoms with E-state index >= 15 is 0 Å². The molecule has 1 aliphatic rings. The Labute approximate surface area is 81.6 Å². The summed E-state index contributed by atoms with van der Waals surface area (Å²) >= 11 is 0. The summed E-state index contributed by atoms with van der Waals surface area (Å²) in [6.07, 6.45) is 0.0367. The van der Waals surface area contributed by atoms with Crippen LogP contribution in [-0.2, 0) is 4.84 Å². The number of hydrogen-bond acceptors (Lipinski definition) is 4. The Morgan fingerprint density at radius 3 is 2.93 bits per heavy atom. The maximum absolute atomic E-state index is 8.62. The first kappa shape index (κ1) is 8.57. The molecule has 1 aromatic rings. The molecule has 1 aliphatic heterocycles. The van der Waals surface area contributed by atoms with Crippen molar-refractivity contribution in [1.82, 2.24) is 0 Å². The quantitative estimate of drug-likeness (QED) is 0.673. The molecule has 0 amide bonds. The summed E-state index contributed by atoms with van der Waals surface area (Å²) in [5.41, 5.74) is 8.03. The van der Waals surface area contributed by atoms with Crippen LogP contribution >= 0.6 is 0 Å². The van der Waals surface area contributed by atoms with Crippen LogP contribution in [0.3, 0.4) is 0 Å². The van der Waals surface area contributed by atoms with Crippen molar-refractivity contribution in [2.24, 2.45) is 5.16 Å². The van der Waals surface area contributed by atoms with Gasteiger partial charge in [-0.2, -0.15) is 5.26 Å². The van der Waals surface area contributed by atoms with E-state index in [-0.39, 0.29) is 0 Å². The molecule has 1 heterocycles. The molecule has 0 saturated heterocycles. The predicted octanol–water partition coefficient (Wildman–Crippen LogP) is 1.29. The molecule has 0 fully saturated rings. The smallest absolute Gasteiger partial charge is 0.218 e. The minimum Gasteiger partial charge on any atom is -0.398 e. The van der Waals surface area contributed by atoms with Crippen molar-refractivity contribution in [3.8, 4) is 6.07 Å². The van der Waals surface area contributed by atoms with Gasteiger partial charge in [-0.15, -0.1) is 0 Å². The van der Waals surface area contributed by atoms with E-state index in [1.807, 2.05) is 24.3 Å². The summed E-state index contributed by atoms with van der Waals surface area (Å²) < 4.78 is 0. The van der Waals surface area contributed by atoms with Crippen LogP contribution in [0.1, 0.15) is 12.0 Å². The van der Waals surface area contributed by atoms with Gasteiger partial charge in [0, 0.05) is 17.7 Å². The summed E-state index contributed by atoms with van der Waals surface area (Å²) in [6, 6.07) is 9.42. The third kappa shape index (κ3) is 1.40. The predicted molar refractivity (Wildman–Crippen MR) is 52.5 cm³/mol. The van der Waals surface area contributed by atoms with E-state index in [9.17, 15) is 0 Å². The Balaban J connectivity index is 2.27. The average molecular weight is 187 g/mol. The van der Waals surface area contributed by atoms with E-state index in [0.29, 0.717) is 12.1 Å². The number of nitrogens with two attached hydrogens (primary N) is 1. The number of anilines is 1. The molecular formula is C10H9N3O. The zero-order chi connectivity index (χ0) is 9.97. The van der Waals surface area contributed by atoms with Crippen LogP contribution in [0.2, 0.25) is 0 Å². The lowest BCUT2D eigenvalue weighted by molar-refractivity contribution is 0.125. The minimum atomic E-state index is -0.468. The monoisotopic (exact) mass is 187 g/mol. The van der Waals surface area contributed by atoms with Crippen molar-refractivity contribution in [1.29, 1.82) is 5.26 Å². The van der Waals surface area contributed by atoms with E-state index in [2.05, 4.69) is 5.16 Å². The number of nitriles is 1. The molecule has 0 radical (unpaired) electrons. The molecule has 2 N–H and O–H groups in total. The van der Waals surface area contributed by atoms with Gasteiger partial charge in [-0.25, -0.2) is 0 Å². The molecule has 4 nitrogen and oxygen atoms in total. The number of para-hydroxylation sites is 1. The molecule has 4 heteroatoms. The maximum Gasteiger partial charge on any atom is 0.218 e. The largest absolute Gasteiger partial charge is 0.398 e. The van der Waals surface area contributed by atoms with Crippen molar-refractivity contribution in [2.45, 2.75) is 12.5 Å². The first-order valence-electron chi connectivity index (χ1n) is 4.28. The number of hydrogen-bond donors (Lipinski definition) is 1. The second kappa shape index (κ2) is 3.38. The summed E-state index contributed by atoms with van der Waals surface area (Å²) in [5, 5.41) is 12.5. The van der Waals surface area contributed by atoms with Crippen LogP contribution in [0.5, 0.6) is 0 Å². The van der Waals surface area contributed by atoms with Gasteiger partial charge in [-0.1, -0.05) is 23.4 Å². The zero-order valence-corrected chi connectivity index (χ0v) is 7.47. The molecule has 0 bridgehead atoms. The van der Waals surface area contributed by atoms with E-state index in [4.69, 9.17) is 15.8 Å². The molecular weight excluding hydrogens is 178 g/mol. The van der Waals surface area contributed by atoms with Crippen LogP contribution in [0.15, 0.2) is 29.4 Å². The van der Waals surface area contributed by atoms with Crippen molar-refractivity contribution in [2.75, 3.05) is 5.73 Å². The first-order chi connectivity index (χ1) is 6.81. The molecule has 0 spiro atoms. The number of benzene rings is 1. The Kier molecular flexibility index (Phi) is 2.07. The van der Waals surface area contributed by atoms with Crippen molar-refractivity contribution in [3.63, 3.8) is 0 Å². The molecule has 0 aliphatic carbocycles. The Morgan fingerprint density at radius 2 is 2.29 bits per heavy atom. The lowest BCUT2D eigenvalue weighted by Gasteiger charge is -2.01. The Bertz CT molecular complexity index is 420. The fourth-order valence-electron chi connectivity index (χ4n) is 1.37. The fourth-order valence-corrected chi connectivity index (χ4v) is 1.37. The average Bonchev–Trinajstić information content (AvgIpc) is 2.67. The van der Waals surface area contributed by atoms with Gasteiger partial charge < -0.3 is 10.6 Å². The number of rotatable bonds is 1. The summed E-state index contributed by atoms with van der Waals surface area (Å²) in [6.45, 7) is 0. The second-order valence-corrected chi connectivity index (χ2v) is 3.05. The highest BCUT2D eigenvalue weighted by Gasteiger charge is 2.22. The minimum absolute atomic E-state index is 0.468. The molecule has 1 unspecified atom stereocenters. The molecule has 0 saturated carbocycles. The summed E-state index contributed by atoms with van der Waals surface area (Å²) in [7, 11) is 0. The SMILES string of the molecule is N#CC1CC(c2ccccc2N)=NO1. The summed E-state index contributed by atoms with van der Waals surface area (Å²) in [4.78, 5) is 4.90. The van der Waals surface area contributed by atoms with Crippen LogP contribution in [0.25, 0.3) is 0 Å². The van der Waals surface area contributed by atoms with Crippen LogP contribution < -0.4 is 5.73 Å². The lowest BCUT2D eigenvalue weighted by atomic mass is 10.0. The van der Waals surface area contributed by atoms with Crippen molar-refractivity contribution < 1.29 is 4.84 Å². The van der Waals surface area contributed by atoms with Gasteiger partial charge in [0.25, 0.3) is 0 Å². The molecule has 0 aromatic heterocycles. The molecule has 1 atom stereocenters. The summed E-state index contributed by atoms with van der Waals surface area (Å²) in [5.74, 6) is 0. The number of nitrogens with zero attached hydrogens (tertiary/aromatic N) is 2. The fraction of sp³-hybridized carbons (Fsp3) is 0.200. The van der Waals surface area contributed by atoms with Gasteiger partial charge in [0.15, 0.2) is 0 Å². The standard InChI is InChI=1S/C10H9N3O/c11-6-7-5-10(13-14-7)8-3-1-2-4-9(8)12/h1-4,7H,5,12H2. The molecule has 14 heavy (non-hydrogen) atoms.